The maximum atomic E-state index is 15.0. The summed E-state index contributed by atoms with van der Waals surface area (Å²) in [7, 11) is 3.14. The highest BCUT2D eigenvalue weighted by atomic mass is 19.1. The summed E-state index contributed by atoms with van der Waals surface area (Å²) >= 11 is 0. The Bertz CT molecular complexity index is 1230. The number of pyridine rings is 1. The lowest BCUT2D eigenvalue weighted by molar-refractivity contribution is -0.129. The third-order valence-corrected chi connectivity index (χ3v) is 6.09. The summed E-state index contributed by atoms with van der Waals surface area (Å²) in [5.41, 5.74) is 8.45. The standard InChI is InChI=1S/C26H27FN4O2/c1-5-17-13-16(14-18(6-2)29-17)26(24(32)31(3)25(28)30-26)22-12-11-19(33-4)15-21(22)20-9-7-8-10-23(20)27/h7-15H,5-6H2,1-4H3,(H2,28,30). The van der Waals surface area contributed by atoms with Gasteiger partial charge in [-0.2, -0.15) is 0 Å². The fraction of sp³-hybridized carbons (Fsp3) is 0.269. The first kappa shape index (κ1) is 22.5. The van der Waals surface area contributed by atoms with E-state index in [1.165, 1.54) is 11.0 Å². The molecule has 2 N–H and O–H groups in total. The van der Waals surface area contributed by atoms with Crippen LogP contribution >= 0.6 is 0 Å². The van der Waals surface area contributed by atoms with E-state index in [4.69, 9.17) is 15.5 Å². The van der Waals surface area contributed by atoms with Gasteiger partial charge in [0, 0.05) is 29.6 Å². The number of halogens is 1. The molecule has 1 aliphatic heterocycles. The van der Waals surface area contributed by atoms with Gasteiger partial charge in [-0.05, 0) is 54.3 Å². The molecule has 0 radical (unpaired) electrons. The average molecular weight is 447 g/mol. The molecular weight excluding hydrogens is 419 g/mol. The Morgan fingerprint density at radius 3 is 2.24 bits per heavy atom. The van der Waals surface area contributed by atoms with Crippen LogP contribution in [0.15, 0.2) is 59.6 Å². The molecule has 0 saturated heterocycles. The van der Waals surface area contributed by atoms with Gasteiger partial charge in [0.05, 0.1) is 7.11 Å². The average Bonchev–Trinajstić information content (AvgIpc) is 3.08. The summed E-state index contributed by atoms with van der Waals surface area (Å²) in [6.45, 7) is 4.02. The van der Waals surface area contributed by atoms with E-state index in [2.05, 4.69) is 4.98 Å². The number of nitrogens with two attached hydrogens (primary N) is 1. The quantitative estimate of drug-likeness (QED) is 0.619. The van der Waals surface area contributed by atoms with Gasteiger partial charge in [0.25, 0.3) is 5.91 Å². The van der Waals surface area contributed by atoms with Gasteiger partial charge in [0.1, 0.15) is 11.6 Å². The lowest BCUT2D eigenvalue weighted by Crippen LogP contribution is -2.41. The van der Waals surface area contributed by atoms with Crippen molar-refractivity contribution in [3.63, 3.8) is 0 Å². The molecule has 1 atom stereocenters. The number of guanidine groups is 1. The van der Waals surface area contributed by atoms with Gasteiger partial charge >= 0.3 is 0 Å². The van der Waals surface area contributed by atoms with Crippen molar-refractivity contribution in [2.45, 2.75) is 32.2 Å². The van der Waals surface area contributed by atoms with Crippen molar-refractivity contribution in [2.75, 3.05) is 14.2 Å². The molecule has 1 aromatic heterocycles. The number of hydrogen-bond donors (Lipinski definition) is 1. The third kappa shape index (κ3) is 3.63. The van der Waals surface area contributed by atoms with E-state index in [9.17, 15) is 9.18 Å². The van der Waals surface area contributed by atoms with E-state index in [-0.39, 0.29) is 11.9 Å². The first-order chi connectivity index (χ1) is 15.8. The summed E-state index contributed by atoms with van der Waals surface area (Å²) in [6.07, 6.45) is 1.39. The van der Waals surface area contributed by atoms with Gasteiger partial charge < -0.3 is 10.5 Å². The first-order valence-corrected chi connectivity index (χ1v) is 10.9. The number of methoxy groups -OCH3 is 1. The molecule has 0 aliphatic carbocycles. The van der Waals surface area contributed by atoms with Crippen molar-refractivity contribution < 1.29 is 13.9 Å². The highest BCUT2D eigenvalue weighted by molar-refractivity contribution is 6.09. The normalized spacial score (nSPS) is 17.9. The SMILES string of the molecule is CCc1cc(C2(c3ccc(OC)cc3-c3ccccc3F)N=C(N)N(C)C2=O)cc(CC)n1. The second-order valence-electron chi connectivity index (χ2n) is 7.98. The Morgan fingerprint density at radius 1 is 1.03 bits per heavy atom. The first-order valence-electron chi connectivity index (χ1n) is 10.9. The van der Waals surface area contributed by atoms with Crippen LogP contribution in [0.5, 0.6) is 5.75 Å². The third-order valence-electron chi connectivity index (χ3n) is 6.09. The predicted octanol–water partition coefficient (Wildman–Crippen LogP) is 4.05. The summed E-state index contributed by atoms with van der Waals surface area (Å²) in [6, 6.07) is 15.5. The molecule has 1 aliphatic rings. The van der Waals surface area contributed by atoms with Gasteiger partial charge in [-0.25, -0.2) is 9.38 Å². The number of carbonyl (C=O) groups is 1. The monoisotopic (exact) mass is 446 g/mol. The fourth-order valence-electron chi connectivity index (χ4n) is 4.25. The van der Waals surface area contributed by atoms with Crippen LogP contribution in [-0.2, 0) is 23.2 Å². The number of ether oxygens (including phenoxy) is 1. The molecular formula is C26H27FN4O2. The number of aromatic nitrogens is 1. The molecule has 33 heavy (non-hydrogen) atoms. The Morgan fingerprint density at radius 2 is 1.70 bits per heavy atom. The van der Waals surface area contributed by atoms with Crippen molar-refractivity contribution >= 4 is 11.9 Å². The maximum Gasteiger partial charge on any atom is 0.266 e. The number of benzene rings is 2. The van der Waals surface area contributed by atoms with Crippen molar-refractivity contribution in [3.05, 3.63) is 82.9 Å². The number of aryl methyl sites for hydroxylation is 2. The summed E-state index contributed by atoms with van der Waals surface area (Å²) in [5, 5.41) is 0. The van der Waals surface area contributed by atoms with Gasteiger partial charge in [0.15, 0.2) is 11.5 Å². The molecule has 0 saturated carbocycles. The Hall–Kier alpha value is -3.74. The molecule has 2 aromatic carbocycles. The highest BCUT2D eigenvalue weighted by Gasteiger charge is 2.51. The van der Waals surface area contributed by atoms with Gasteiger partial charge in [-0.3, -0.25) is 14.7 Å². The Balaban J connectivity index is 2.11. The largest absolute Gasteiger partial charge is 0.497 e. The van der Waals surface area contributed by atoms with Crippen molar-refractivity contribution in [1.29, 1.82) is 0 Å². The van der Waals surface area contributed by atoms with Crippen LogP contribution < -0.4 is 10.5 Å². The summed E-state index contributed by atoms with van der Waals surface area (Å²) < 4.78 is 20.4. The smallest absolute Gasteiger partial charge is 0.266 e. The number of rotatable bonds is 6. The van der Waals surface area contributed by atoms with E-state index in [1.54, 1.807) is 50.6 Å². The van der Waals surface area contributed by atoms with Crippen LogP contribution in [0.3, 0.4) is 0 Å². The Labute approximate surface area is 192 Å². The lowest BCUT2D eigenvalue weighted by Gasteiger charge is -2.29. The molecule has 3 aromatic rings. The molecule has 2 heterocycles. The van der Waals surface area contributed by atoms with Gasteiger partial charge in [-0.1, -0.05) is 38.1 Å². The van der Waals surface area contributed by atoms with Crippen LogP contribution in [0.2, 0.25) is 0 Å². The summed E-state index contributed by atoms with van der Waals surface area (Å²) in [5.74, 6) is -0.0708. The number of nitrogens with zero attached hydrogens (tertiary/aromatic N) is 3. The minimum absolute atomic E-state index is 0.100. The number of aliphatic imine (C=N–C) groups is 1. The van der Waals surface area contributed by atoms with Crippen molar-refractivity contribution in [3.8, 4) is 16.9 Å². The molecule has 0 spiro atoms. The van der Waals surface area contributed by atoms with E-state index < -0.39 is 11.4 Å². The van der Waals surface area contributed by atoms with E-state index in [0.717, 1.165) is 11.4 Å². The maximum absolute atomic E-state index is 15.0. The molecule has 0 fully saturated rings. The molecule has 6 nitrogen and oxygen atoms in total. The second kappa shape index (κ2) is 8.65. The Kier molecular flexibility index (Phi) is 5.89. The van der Waals surface area contributed by atoms with Crippen molar-refractivity contribution in [1.82, 2.24) is 9.88 Å². The molecule has 4 rings (SSSR count). The molecule has 170 valence electrons. The zero-order chi connectivity index (χ0) is 23.8. The van der Waals surface area contributed by atoms with Crippen LogP contribution in [-0.4, -0.2) is 35.9 Å². The highest BCUT2D eigenvalue weighted by Crippen LogP contribution is 2.45. The van der Waals surface area contributed by atoms with E-state index >= 15 is 0 Å². The van der Waals surface area contributed by atoms with Crippen LogP contribution in [0.1, 0.15) is 36.4 Å². The number of likely N-dealkylation sites (N-methyl/N-ethyl adjacent to an activating group) is 1. The lowest BCUT2D eigenvalue weighted by atomic mass is 9.78. The van der Waals surface area contributed by atoms with E-state index in [1.807, 2.05) is 26.0 Å². The van der Waals surface area contributed by atoms with Crippen molar-refractivity contribution in [2.24, 2.45) is 10.7 Å². The zero-order valence-corrected chi connectivity index (χ0v) is 19.2. The topological polar surface area (TPSA) is 80.8 Å². The number of amides is 1. The fourth-order valence-corrected chi connectivity index (χ4v) is 4.25. The van der Waals surface area contributed by atoms with E-state index in [0.29, 0.717) is 40.8 Å². The molecule has 7 heteroatoms. The molecule has 0 bridgehead atoms. The number of carbonyl (C=O) groups excluding carboxylic acids is 1. The zero-order valence-electron chi connectivity index (χ0n) is 19.2. The van der Waals surface area contributed by atoms with Crippen LogP contribution in [0.25, 0.3) is 11.1 Å². The minimum atomic E-state index is -1.47. The van der Waals surface area contributed by atoms with Gasteiger partial charge in [0.2, 0.25) is 0 Å². The molecule has 1 amide bonds. The minimum Gasteiger partial charge on any atom is -0.497 e. The van der Waals surface area contributed by atoms with Crippen LogP contribution in [0.4, 0.5) is 4.39 Å². The second-order valence-corrected chi connectivity index (χ2v) is 7.98. The molecule has 1 unspecified atom stereocenters. The predicted molar refractivity (Wildman–Crippen MR) is 127 cm³/mol. The number of hydrogen-bond acceptors (Lipinski definition) is 5. The van der Waals surface area contributed by atoms with Gasteiger partial charge in [-0.15, -0.1) is 0 Å². The summed E-state index contributed by atoms with van der Waals surface area (Å²) in [4.78, 5) is 24.6. The van der Waals surface area contributed by atoms with Crippen LogP contribution in [0, 0.1) is 5.82 Å².